The van der Waals surface area contributed by atoms with Gasteiger partial charge in [0.1, 0.15) is 23.8 Å². The van der Waals surface area contributed by atoms with Crippen molar-refractivity contribution in [2.24, 2.45) is 13.0 Å². The van der Waals surface area contributed by atoms with Gasteiger partial charge in [0.15, 0.2) is 23.0 Å². The van der Waals surface area contributed by atoms with Gasteiger partial charge in [0.05, 0.1) is 19.3 Å². The van der Waals surface area contributed by atoms with E-state index >= 15 is 0 Å². The Balaban J connectivity index is 1.26. The fourth-order valence-corrected chi connectivity index (χ4v) is 5.49. The van der Waals surface area contributed by atoms with Crippen LogP contribution in [0.15, 0.2) is 30.6 Å². The smallest absolute Gasteiger partial charge is 0.228 e. The molecule has 13 heteroatoms. The van der Waals surface area contributed by atoms with Gasteiger partial charge in [-0.3, -0.25) is 14.4 Å². The molecule has 0 radical (unpaired) electrons. The van der Waals surface area contributed by atoms with Crippen molar-refractivity contribution in [3.05, 3.63) is 36.3 Å². The molecule has 4 aromatic rings. The van der Waals surface area contributed by atoms with Gasteiger partial charge in [0.2, 0.25) is 11.9 Å². The summed E-state index contributed by atoms with van der Waals surface area (Å²) < 4.78 is 28.8. The van der Waals surface area contributed by atoms with Crippen LogP contribution in [0.25, 0.3) is 11.2 Å². The number of nitrogens with one attached hydrogen (secondary N) is 2. The van der Waals surface area contributed by atoms with E-state index in [1.807, 2.05) is 11.6 Å². The van der Waals surface area contributed by atoms with Crippen LogP contribution in [0.1, 0.15) is 51.8 Å². The van der Waals surface area contributed by atoms with Crippen LogP contribution in [0.3, 0.4) is 0 Å². The van der Waals surface area contributed by atoms with Gasteiger partial charge in [0, 0.05) is 62.0 Å². The number of amides is 1. The third kappa shape index (κ3) is 5.99. The predicted molar refractivity (Wildman–Crippen MR) is 161 cm³/mol. The molecule has 0 bridgehead atoms. The molecular formula is C30H38FN9O3. The predicted octanol–water partition coefficient (Wildman–Crippen LogP) is 4.97. The molecule has 6 rings (SSSR count). The minimum absolute atomic E-state index is 0.0262. The number of aromatic nitrogens is 6. The summed E-state index contributed by atoms with van der Waals surface area (Å²) >= 11 is 0. The summed E-state index contributed by atoms with van der Waals surface area (Å²) in [6, 6.07) is 5.61. The number of fused-ring (bicyclic) bond motifs is 1. The van der Waals surface area contributed by atoms with Crippen molar-refractivity contribution in [3.8, 4) is 17.2 Å². The molecule has 1 saturated carbocycles. The van der Waals surface area contributed by atoms with E-state index in [1.54, 1.807) is 31.6 Å². The maximum Gasteiger partial charge on any atom is 0.228 e. The Morgan fingerprint density at radius 3 is 2.70 bits per heavy atom. The number of methoxy groups -OCH3 is 1. The maximum atomic E-state index is 13.0. The lowest BCUT2D eigenvalue weighted by Crippen LogP contribution is -2.26. The van der Waals surface area contributed by atoms with Crippen LogP contribution in [0.5, 0.6) is 17.2 Å². The van der Waals surface area contributed by atoms with E-state index < -0.39 is 0 Å². The molecule has 12 nitrogen and oxygen atoms in total. The van der Waals surface area contributed by atoms with Gasteiger partial charge in [-0.1, -0.05) is 20.8 Å². The number of carbonyl (C=O) groups is 1. The van der Waals surface area contributed by atoms with E-state index in [0.29, 0.717) is 52.5 Å². The maximum absolute atomic E-state index is 13.0. The molecule has 1 amide bonds. The Morgan fingerprint density at radius 2 is 1.98 bits per heavy atom. The number of likely N-dealkylation sites (tertiary alicyclic amines) is 1. The largest absolute Gasteiger partial charge is 0.491 e. The van der Waals surface area contributed by atoms with Gasteiger partial charge in [-0.25, -0.2) is 14.4 Å². The van der Waals surface area contributed by atoms with E-state index in [9.17, 15) is 9.18 Å². The first-order valence-corrected chi connectivity index (χ1v) is 14.6. The van der Waals surface area contributed by atoms with Crippen LogP contribution in [-0.4, -0.2) is 73.5 Å². The van der Waals surface area contributed by atoms with Crippen molar-refractivity contribution in [1.82, 2.24) is 34.2 Å². The van der Waals surface area contributed by atoms with Crippen molar-refractivity contribution in [1.29, 1.82) is 0 Å². The first kappa shape index (κ1) is 28.8. The monoisotopic (exact) mass is 591 g/mol. The van der Waals surface area contributed by atoms with Gasteiger partial charge in [0.25, 0.3) is 0 Å². The number of halogens is 1. The van der Waals surface area contributed by atoms with Gasteiger partial charge in [-0.05, 0) is 25.3 Å². The first-order chi connectivity index (χ1) is 20.6. The number of aryl methyl sites for hydroxylation is 1. The minimum Gasteiger partial charge on any atom is -0.491 e. The highest BCUT2D eigenvalue weighted by Crippen LogP contribution is 2.39. The van der Waals surface area contributed by atoms with Gasteiger partial charge in [-0.2, -0.15) is 10.1 Å². The molecule has 4 aromatic heterocycles. The summed E-state index contributed by atoms with van der Waals surface area (Å²) in [6.07, 6.45) is 5.89. The lowest BCUT2D eigenvalue weighted by atomic mass is 9.91. The highest BCUT2D eigenvalue weighted by Gasteiger charge is 2.31. The van der Waals surface area contributed by atoms with Crippen LogP contribution in [0.4, 0.5) is 22.0 Å². The van der Waals surface area contributed by atoms with Gasteiger partial charge in [-0.15, -0.1) is 0 Å². The zero-order chi connectivity index (χ0) is 30.3. The summed E-state index contributed by atoms with van der Waals surface area (Å²) in [5.41, 5.74) is 2.08. The number of alkyl halides is 1. The normalized spacial score (nSPS) is 17.4. The zero-order valence-corrected chi connectivity index (χ0v) is 25.2. The van der Waals surface area contributed by atoms with Crippen LogP contribution in [0, 0.1) is 5.92 Å². The van der Waals surface area contributed by atoms with Gasteiger partial charge >= 0.3 is 0 Å². The fourth-order valence-electron chi connectivity index (χ4n) is 5.49. The molecular weight excluding hydrogens is 553 g/mol. The number of hydrogen-bond donors (Lipinski definition) is 2. The topological polar surface area (TPSA) is 124 Å². The molecule has 2 N–H and O–H groups in total. The molecule has 0 aromatic carbocycles. The summed E-state index contributed by atoms with van der Waals surface area (Å²) in [5, 5.41) is 11.2. The summed E-state index contributed by atoms with van der Waals surface area (Å²) in [5.74, 6) is 3.03. The summed E-state index contributed by atoms with van der Waals surface area (Å²) in [7, 11) is 3.44. The Labute approximate surface area is 249 Å². The second kappa shape index (κ2) is 11.4. The molecule has 1 atom stereocenters. The molecule has 2 aliphatic rings. The van der Waals surface area contributed by atoms with Crippen molar-refractivity contribution < 1.29 is 18.7 Å². The zero-order valence-electron chi connectivity index (χ0n) is 25.2. The second-order valence-corrected chi connectivity index (χ2v) is 12.2. The van der Waals surface area contributed by atoms with E-state index in [4.69, 9.17) is 19.6 Å². The van der Waals surface area contributed by atoms with Crippen molar-refractivity contribution in [3.63, 3.8) is 0 Å². The Hall–Kier alpha value is -4.26. The number of ether oxygens (including phenoxy) is 2. The van der Waals surface area contributed by atoms with Crippen LogP contribution >= 0.6 is 0 Å². The van der Waals surface area contributed by atoms with Gasteiger partial charge < -0.3 is 24.7 Å². The highest BCUT2D eigenvalue weighted by molar-refractivity contribution is 5.93. The molecule has 43 heavy (non-hydrogen) atoms. The third-order valence-electron chi connectivity index (χ3n) is 7.92. The van der Waals surface area contributed by atoms with Crippen molar-refractivity contribution in [2.45, 2.75) is 51.5 Å². The SMILES string of the molecule is COc1c(Oc2ccnc(NC(=O)C3CC3)c2)cnc2nc(Nc3cc(C(C)(C)C)n([C@H]4CCN(CCF)C4)n3)n(C)c12. The first-order valence-electron chi connectivity index (χ1n) is 14.6. The molecule has 0 unspecified atom stereocenters. The number of imidazole rings is 1. The molecule has 1 aliphatic heterocycles. The minimum atomic E-state index is -0.343. The van der Waals surface area contributed by atoms with Crippen molar-refractivity contribution in [2.75, 3.05) is 44.1 Å². The number of pyridine rings is 2. The average Bonchev–Trinajstić information content (AvgIpc) is 3.44. The summed E-state index contributed by atoms with van der Waals surface area (Å²) in [6.45, 7) is 8.23. The molecule has 1 aliphatic carbocycles. The Morgan fingerprint density at radius 1 is 1.16 bits per heavy atom. The van der Waals surface area contributed by atoms with E-state index in [2.05, 4.69) is 57.0 Å². The molecule has 1 saturated heterocycles. The summed E-state index contributed by atoms with van der Waals surface area (Å²) in [4.78, 5) is 27.8. The van der Waals surface area contributed by atoms with Crippen LogP contribution < -0.4 is 20.1 Å². The second-order valence-electron chi connectivity index (χ2n) is 12.2. The number of hydrogen-bond acceptors (Lipinski definition) is 9. The molecule has 5 heterocycles. The van der Waals surface area contributed by atoms with E-state index in [1.165, 1.54) is 0 Å². The Kier molecular flexibility index (Phi) is 7.67. The standard InChI is InChI=1S/C30H38FN9O3/c1-30(2,3)22-15-24(37-40(22)19-9-12-39(17-19)13-10-31)35-29-36-27-25(38(29)4)26(42-5)21(16-33-27)43-20-8-11-32-23(14-20)34-28(41)18-6-7-18/h8,11,14-16,18-19H,6-7,9-10,12-13,17H2,1-5H3,(H,32,34,41)(H,33,35,36,37)/t19-/m0/s1. The van der Waals surface area contributed by atoms with Crippen molar-refractivity contribution >= 4 is 34.7 Å². The van der Waals surface area contributed by atoms with Crippen LogP contribution in [0.2, 0.25) is 0 Å². The molecule has 228 valence electrons. The third-order valence-corrected chi connectivity index (χ3v) is 7.92. The molecule has 0 spiro atoms. The van der Waals surface area contributed by atoms with E-state index in [0.717, 1.165) is 38.0 Å². The average molecular weight is 592 g/mol. The number of nitrogens with zero attached hydrogens (tertiary/aromatic N) is 7. The fraction of sp³-hybridized carbons (Fsp3) is 0.500. The number of carbonyl (C=O) groups excluding carboxylic acids is 1. The number of anilines is 3. The van der Waals surface area contributed by atoms with E-state index in [-0.39, 0.29) is 30.0 Å². The lowest BCUT2D eigenvalue weighted by molar-refractivity contribution is -0.117. The molecule has 2 fully saturated rings. The highest BCUT2D eigenvalue weighted by atomic mass is 19.1. The van der Waals surface area contributed by atoms with Crippen LogP contribution in [-0.2, 0) is 17.3 Å². The Bertz CT molecular complexity index is 1640. The number of rotatable bonds is 10. The quantitative estimate of drug-likeness (QED) is 0.263. The lowest BCUT2D eigenvalue weighted by Gasteiger charge is -2.23.